The van der Waals surface area contributed by atoms with Crippen molar-refractivity contribution in [2.24, 2.45) is 7.05 Å². The van der Waals surface area contributed by atoms with E-state index in [1.165, 1.54) is 0 Å². The Labute approximate surface area is 146 Å². The molecule has 114 valence electrons. The first-order valence-electron chi connectivity index (χ1n) is 6.45. The summed E-state index contributed by atoms with van der Waals surface area (Å²) in [5, 5.41) is 8.50. The first-order valence-corrected chi connectivity index (χ1v) is 8.41. The van der Waals surface area contributed by atoms with Crippen molar-refractivity contribution in [2.75, 3.05) is 12.4 Å². The van der Waals surface area contributed by atoms with Gasteiger partial charge in [0.05, 0.1) is 40.2 Å². The molecule has 1 aromatic heterocycles. The molecule has 0 saturated heterocycles. The zero-order valence-corrected chi connectivity index (χ0v) is 15.9. The fourth-order valence-corrected chi connectivity index (χ4v) is 3.67. The molecule has 0 spiro atoms. The molecule has 1 N–H and O–H groups in total. The monoisotopic (exact) mass is 435 g/mol. The summed E-state index contributed by atoms with van der Waals surface area (Å²) in [7, 11) is 3.54. The summed E-state index contributed by atoms with van der Waals surface area (Å²) >= 11 is 13.3. The Bertz CT molecular complexity index is 658. The van der Waals surface area contributed by atoms with E-state index >= 15 is 0 Å². The van der Waals surface area contributed by atoms with Crippen LogP contribution in [0.25, 0.3) is 0 Å². The second-order valence-electron chi connectivity index (χ2n) is 4.50. The van der Waals surface area contributed by atoms with Crippen LogP contribution in [-0.4, -0.2) is 16.9 Å². The minimum atomic E-state index is 0.589. The van der Waals surface area contributed by atoms with E-state index in [1.54, 1.807) is 7.11 Å². The largest absolute Gasteiger partial charge is 0.495 e. The Morgan fingerprint density at radius 3 is 2.62 bits per heavy atom. The van der Waals surface area contributed by atoms with Crippen molar-refractivity contribution in [1.82, 2.24) is 9.78 Å². The SMILES string of the molecule is CCc1nn(C)c(CNc2cc(OC)c(Br)cc2Br)c1Cl. The predicted octanol–water partition coefficient (Wildman–Crippen LogP) is 4.78. The number of aromatic nitrogens is 2. The lowest BCUT2D eigenvalue weighted by molar-refractivity contribution is 0.412. The van der Waals surface area contributed by atoms with Gasteiger partial charge in [-0.2, -0.15) is 5.10 Å². The highest BCUT2D eigenvalue weighted by Crippen LogP contribution is 2.35. The normalized spacial score (nSPS) is 10.8. The lowest BCUT2D eigenvalue weighted by atomic mass is 10.2. The topological polar surface area (TPSA) is 39.1 Å². The zero-order chi connectivity index (χ0) is 15.6. The summed E-state index contributed by atoms with van der Waals surface area (Å²) in [6, 6.07) is 3.88. The van der Waals surface area contributed by atoms with Crippen LogP contribution in [-0.2, 0) is 20.0 Å². The van der Waals surface area contributed by atoms with E-state index < -0.39 is 0 Å². The van der Waals surface area contributed by atoms with E-state index in [1.807, 2.05) is 30.8 Å². The highest BCUT2D eigenvalue weighted by molar-refractivity contribution is 9.11. The van der Waals surface area contributed by atoms with Crippen LogP contribution in [0, 0.1) is 0 Å². The van der Waals surface area contributed by atoms with Gasteiger partial charge in [0.1, 0.15) is 5.75 Å². The van der Waals surface area contributed by atoms with Crippen LogP contribution in [0.15, 0.2) is 21.1 Å². The van der Waals surface area contributed by atoms with Gasteiger partial charge >= 0.3 is 0 Å². The second kappa shape index (κ2) is 7.03. The number of hydrogen-bond acceptors (Lipinski definition) is 3. The number of methoxy groups -OCH3 is 1. The van der Waals surface area contributed by atoms with Gasteiger partial charge in [-0.1, -0.05) is 18.5 Å². The number of rotatable bonds is 5. The third-order valence-corrected chi connectivity index (χ3v) is 4.90. The maximum Gasteiger partial charge on any atom is 0.135 e. The molecule has 2 rings (SSSR count). The minimum Gasteiger partial charge on any atom is -0.495 e. The van der Waals surface area contributed by atoms with Crippen LogP contribution < -0.4 is 10.1 Å². The molecule has 7 heteroatoms. The van der Waals surface area contributed by atoms with Gasteiger partial charge < -0.3 is 10.1 Å². The molecule has 1 aromatic carbocycles. The second-order valence-corrected chi connectivity index (χ2v) is 6.59. The first kappa shape index (κ1) is 16.6. The quantitative estimate of drug-likeness (QED) is 0.732. The number of nitrogens with zero attached hydrogens (tertiary/aromatic N) is 2. The Morgan fingerprint density at radius 2 is 2.05 bits per heavy atom. The molecule has 0 saturated carbocycles. The Kier molecular flexibility index (Phi) is 5.57. The fourth-order valence-electron chi connectivity index (χ4n) is 2.01. The van der Waals surface area contributed by atoms with Crippen LogP contribution in [0.4, 0.5) is 5.69 Å². The van der Waals surface area contributed by atoms with Gasteiger partial charge in [0.15, 0.2) is 0 Å². The Morgan fingerprint density at radius 1 is 1.33 bits per heavy atom. The number of nitrogens with one attached hydrogen (secondary N) is 1. The fraction of sp³-hybridized carbons (Fsp3) is 0.357. The van der Waals surface area contributed by atoms with Crippen molar-refractivity contribution in [3.05, 3.63) is 37.5 Å². The summed E-state index contributed by atoms with van der Waals surface area (Å²) in [5.41, 5.74) is 2.82. The zero-order valence-electron chi connectivity index (χ0n) is 12.0. The molecular weight excluding hydrogens is 421 g/mol. The van der Waals surface area contributed by atoms with E-state index in [-0.39, 0.29) is 0 Å². The number of hydrogen-bond donors (Lipinski definition) is 1. The van der Waals surface area contributed by atoms with Crippen LogP contribution >= 0.6 is 43.5 Å². The number of aryl methyl sites for hydroxylation is 2. The van der Waals surface area contributed by atoms with Gasteiger partial charge in [0.25, 0.3) is 0 Å². The van der Waals surface area contributed by atoms with Gasteiger partial charge in [0, 0.05) is 17.6 Å². The third-order valence-electron chi connectivity index (χ3n) is 3.19. The molecule has 0 amide bonds. The van der Waals surface area contributed by atoms with Crippen molar-refractivity contribution < 1.29 is 4.74 Å². The van der Waals surface area contributed by atoms with Crippen molar-refractivity contribution in [2.45, 2.75) is 19.9 Å². The average molecular weight is 438 g/mol. The van der Waals surface area contributed by atoms with E-state index in [2.05, 4.69) is 42.3 Å². The minimum absolute atomic E-state index is 0.589. The van der Waals surface area contributed by atoms with Crippen molar-refractivity contribution in [3.8, 4) is 5.75 Å². The number of benzene rings is 1. The molecule has 0 aliphatic heterocycles. The van der Waals surface area contributed by atoms with Crippen LogP contribution in [0.1, 0.15) is 18.3 Å². The lowest BCUT2D eigenvalue weighted by Gasteiger charge is -2.12. The Balaban J connectivity index is 2.22. The van der Waals surface area contributed by atoms with Crippen molar-refractivity contribution in [3.63, 3.8) is 0 Å². The van der Waals surface area contributed by atoms with Gasteiger partial charge in [-0.15, -0.1) is 0 Å². The molecule has 4 nitrogen and oxygen atoms in total. The molecule has 21 heavy (non-hydrogen) atoms. The highest BCUT2D eigenvalue weighted by Gasteiger charge is 2.14. The van der Waals surface area contributed by atoms with Crippen molar-refractivity contribution >= 4 is 49.1 Å². The number of ether oxygens (including phenoxy) is 1. The summed E-state index contributed by atoms with van der Waals surface area (Å²) < 4.78 is 8.97. The van der Waals surface area contributed by atoms with E-state index in [0.29, 0.717) is 6.54 Å². The smallest absolute Gasteiger partial charge is 0.135 e. The maximum atomic E-state index is 6.35. The summed E-state index contributed by atoms with van der Waals surface area (Å²) in [5.74, 6) is 0.769. The maximum absolute atomic E-state index is 6.35. The molecular formula is C14H16Br2ClN3O. The van der Waals surface area contributed by atoms with Gasteiger partial charge in [-0.05, 0) is 44.3 Å². The summed E-state index contributed by atoms with van der Waals surface area (Å²) in [4.78, 5) is 0. The van der Waals surface area contributed by atoms with E-state index in [9.17, 15) is 0 Å². The standard InChI is InChI=1S/C14H16Br2ClN3O/c1-4-10-14(17)12(20(2)19-10)7-18-11-6-13(21-3)9(16)5-8(11)15/h5-6,18H,4,7H2,1-3H3. The highest BCUT2D eigenvalue weighted by atomic mass is 79.9. The molecule has 0 fully saturated rings. The van der Waals surface area contributed by atoms with Gasteiger partial charge in [-0.3, -0.25) is 4.68 Å². The molecule has 0 unspecified atom stereocenters. The van der Waals surface area contributed by atoms with E-state index in [0.717, 1.165) is 43.2 Å². The Hall–Kier alpha value is -0.720. The molecule has 0 aliphatic rings. The molecule has 2 aromatic rings. The molecule has 0 radical (unpaired) electrons. The first-order chi connectivity index (χ1) is 9.97. The van der Waals surface area contributed by atoms with Crippen LogP contribution in [0.2, 0.25) is 5.02 Å². The van der Waals surface area contributed by atoms with Crippen molar-refractivity contribution in [1.29, 1.82) is 0 Å². The number of halogens is 3. The average Bonchev–Trinajstić information content (AvgIpc) is 2.73. The van der Waals surface area contributed by atoms with Gasteiger partial charge in [0.2, 0.25) is 0 Å². The number of anilines is 1. The molecule has 0 atom stereocenters. The van der Waals surface area contributed by atoms with Crippen LogP contribution in [0.3, 0.4) is 0 Å². The molecule has 0 bridgehead atoms. The summed E-state index contributed by atoms with van der Waals surface area (Å²) in [6.45, 7) is 2.63. The lowest BCUT2D eigenvalue weighted by Crippen LogP contribution is -2.06. The van der Waals surface area contributed by atoms with Crippen LogP contribution in [0.5, 0.6) is 5.75 Å². The van der Waals surface area contributed by atoms with Gasteiger partial charge in [-0.25, -0.2) is 0 Å². The molecule has 0 aliphatic carbocycles. The third kappa shape index (κ3) is 3.55. The molecule has 1 heterocycles. The summed E-state index contributed by atoms with van der Waals surface area (Å²) in [6.07, 6.45) is 0.822. The predicted molar refractivity (Wildman–Crippen MR) is 93.3 cm³/mol. The van der Waals surface area contributed by atoms with E-state index in [4.69, 9.17) is 16.3 Å².